The zero-order valence-electron chi connectivity index (χ0n) is 17.6. The first kappa shape index (κ1) is 24.9. The van der Waals surface area contributed by atoms with E-state index in [9.17, 15) is 0 Å². The zero-order valence-corrected chi connectivity index (χ0v) is 20.0. The lowest BCUT2D eigenvalue weighted by Gasteiger charge is -2.40. The Morgan fingerprint density at radius 1 is 1.04 bits per heavy atom. The third kappa shape index (κ3) is 9.25. The molecule has 0 spiro atoms. The maximum absolute atomic E-state index is 5.47. The molecule has 0 aromatic heterocycles. The van der Waals surface area contributed by atoms with Crippen LogP contribution in [0.4, 0.5) is 0 Å². The highest BCUT2D eigenvalue weighted by Gasteiger charge is 2.28. The van der Waals surface area contributed by atoms with Crippen molar-refractivity contribution >= 4 is 29.9 Å². The molecule has 0 radical (unpaired) electrons. The van der Waals surface area contributed by atoms with Gasteiger partial charge in [-0.15, -0.1) is 24.0 Å². The molecule has 1 unspecified atom stereocenters. The normalized spacial score (nSPS) is 21.4. The van der Waals surface area contributed by atoms with Gasteiger partial charge in [-0.05, 0) is 26.7 Å². The van der Waals surface area contributed by atoms with Crippen molar-refractivity contribution in [2.75, 3.05) is 78.8 Å². The van der Waals surface area contributed by atoms with Crippen LogP contribution in [0.1, 0.15) is 27.7 Å². The summed E-state index contributed by atoms with van der Waals surface area (Å²) >= 11 is 0. The van der Waals surface area contributed by atoms with Crippen molar-refractivity contribution in [1.29, 1.82) is 0 Å². The summed E-state index contributed by atoms with van der Waals surface area (Å²) in [6, 6.07) is 0. The van der Waals surface area contributed by atoms with E-state index in [1.807, 2.05) is 0 Å². The molecule has 2 saturated heterocycles. The molecular formula is C19H40IN5O2. The second-order valence-corrected chi connectivity index (χ2v) is 8.01. The summed E-state index contributed by atoms with van der Waals surface area (Å²) in [6.07, 6.45) is 0. The van der Waals surface area contributed by atoms with E-state index in [1.165, 1.54) is 0 Å². The van der Waals surface area contributed by atoms with E-state index in [-0.39, 0.29) is 29.5 Å². The SMILES string of the molecule is CCNC(=NCC(C)(C)N1CCOCC1)NCC(C)CN1CCOCC1.I. The Hall–Kier alpha value is -0.160. The van der Waals surface area contributed by atoms with Crippen LogP contribution in [0, 0.1) is 5.92 Å². The van der Waals surface area contributed by atoms with Gasteiger partial charge in [0.1, 0.15) is 0 Å². The van der Waals surface area contributed by atoms with Crippen LogP contribution < -0.4 is 10.6 Å². The Kier molecular flexibility index (Phi) is 12.1. The van der Waals surface area contributed by atoms with Crippen LogP contribution in [-0.2, 0) is 9.47 Å². The first-order valence-corrected chi connectivity index (χ1v) is 10.2. The maximum atomic E-state index is 5.47. The average Bonchev–Trinajstić information content (AvgIpc) is 2.65. The van der Waals surface area contributed by atoms with Crippen molar-refractivity contribution in [2.45, 2.75) is 33.2 Å². The quantitative estimate of drug-likeness (QED) is 0.299. The number of nitrogens with zero attached hydrogens (tertiary/aromatic N) is 3. The summed E-state index contributed by atoms with van der Waals surface area (Å²) < 4.78 is 10.9. The van der Waals surface area contributed by atoms with Gasteiger partial charge in [-0.1, -0.05) is 6.92 Å². The molecule has 0 aliphatic carbocycles. The number of hydrogen-bond acceptors (Lipinski definition) is 5. The standard InChI is InChI=1S/C19H39N5O2.HI/c1-5-20-18(21-14-17(2)15-23-6-10-25-11-7-23)22-16-19(3,4)24-8-12-26-13-9-24;/h17H,5-16H2,1-4H3,(H2,20,21,22);1H. The lowest BCUT2D eigenvalue weighted by atomic mass is 10.0. The fourth-order valence-electron chi connectivity index (χ4n) is 3.44. The fourth-order valence-corrected chi connectivity index (χ4v) is 3.44. The van der Waals surface area contributed by atoms with Gasteiger partial charge in [0.05, 0.1) is 33.0 Å². The molecule has 0 saturated carbocycles. The number of halogens is 1. The van der Waals surface area contributed by atoms with Crippen LogP contribution >= 0.6 is 24.0 Å². The number of guanidine groups is 1. The van der Waals surface area contributed by atoms with Crippen molar-refractivity contribution in [2.24, 2.45) is 10.9 Å². The summed E-state index contributed by atoms with van der Waals surface area (Å²) in [7, 11) is 0. The Morgan fingerprint density at radius 3 is 2.22 bits per heavy atom. The summed E-state index contributed by atoms with van der Waals surface area (Å²) in [4.78, 5) is 9.82. The molecular weight excluding hydrogens is 457 g/mol. The number of morpholine rings is 2. The smallest absolute Gasteiger partial charge is 0.191 e. The van der Waals surface area contributed by atoms with Gasteiger partial charge < -0.3 is 20.1 Å². The molecule has 0 aromatic rings. The molecule has 0 bridgehead atoms. The van der Waals surface area contributed by atoms with E-state index in [0.29, 0.717) is 5.92 Å². The predicted molar refractivity (Wildman–Crippen MR) is 122 cm³/mol. The molecule has 1 atom stereocenters. The molecule has 2 fully saturated rings. The van der Waals surface area contributed by atoms with E-state index >= 15 is 0 Å². The minimum Gasteiger partial charge on any atom is -0.379 e. The minimum atomic E-state index is 0. The number of aliphatic imine (C=N–C) groups is 1. The highest BCUT2D eigenvalue weighted by atomic mass is 127. The monoisotopic (exact) mass is 497 g/mol. The van der Waals surface area contributed by atoms with E-state index in [2.05, 4.69) is 48.1 Å². The van der Waals surface area contributed by atoms with Gasteiger partial charge in [-0.3, -0.25) is 14.8 Å². The van der Waals surface area contributed by atoms with E-state index in [0.717, 1.165) is 84.7 Å². The topological polar surface area (TPSA) is 61.4 Å². The Bertz CT molecular complexity index is 424. The third-order valence-electron chi connectivity index (χ3n) is 5.13. The molecule has 0 aromatic carbocycles. The number of ether oxygens (including phenoxy) is 2. The lowest BCUT2D eigenvalue weighted by molar-refractivity contribution is -0.00684. The molecule has 8 heteroatoms. The van der Waals surface area contributed by atoms with Crippen LogP contribution in [0.15, 0.2) is 4.99 Å². The number of rotatable bonds is 8. The van der Waals surface area contributed by atoms with Crippen molar-refractivity contribution < 1.29 is 9.47 Å². The highest BCUT2D eigenvalue weighted by Crippen LogP contribution is 2.16. The van der Waals surface area contributed by atoms with E-state index < -0.39 is 0 Å². The van der Waals surface area contributed by atoms with E-state index in [4.69, 9.17) is 14.5 Å². The average molecular weight is 497 g/mol. The summed E-state index contributed by atoms with van der Waals surface area (Å²) in [5.41, 5.74) is 0.0472. The Labute approximate surface area is 182 Å². The van der Waals surface area contributed by atoms with Gasteiger partial charge in [-0.2, -0.15) is 0 Å². The molecule has 7 nitrogen and oxygen atoms in total. The maximum Gasteiger partial charge on any atom is 0.191 e. The first-order valence-electron chi connectivity index (χ1n) is 10.2. The van der Waals surface area contributed by atoms with Gasteiger partial charge in [0, 0.05) is 51.4 Å². The van der Waals surface area contributed by atoms with Gasteiger partial charge in [0.15, 0.2) is 5.96 Å². The van der Waals surface area contributed by atoms with Gasteiger partial charge >= 0.3 is 0 Å². The van der Waals surface area contributed by atoms with Crippen molar-refractivity contribution in [3.05, 3.63) is 0 Å². The van der Waals surface area contributed by atoms with Crippen LogP contribution in [0.2, 0.25) is 0 Å². The summed E-state index contributed by atoms with van der Waals surface area (Å²) in [5.74, 6) is 1.49. The minimum absolute atomic E-state index is 0. The fraction of sp³-hybridized carbons (Fsp3) is 0.947. The molecule has 2 aliphatic rings. The third-order valence-corrected chi connectivity index (χ3v) is 5.13. The Balaban J connectivity index is 0.00000364. The van der Waals surface area contributed by atoms with Gasteiger partial charge in [0.25, 0.3) is 0 Å². The van der Waals surface area contributed by atoms with Crippen molar-refractivity contribution in [3.63, 3.8) is 0 Å². The van der Waals surface area contributed by atoms with Gasteiger partial charge in [0.2, 0.25) is 0 Å². The second-order valence-electron chi connectivity index (χ2n) is 8.01. The van der Waals surface area contributed by atoms with Crippen LogP contribution in [-0.4, -0.2) is 100 Å². The molecule has 160 valence electrons. The largest absolute Gasteiger partial charge is 0.379 e. The Morgan fingerprint density at radius 2 is 1.63 bits per heavy atom. The van der Waals surface area contributed by atoms with Crippen molar-refractivity contribution in [1.82, 2.24) is 20.4 Å². The molecule has 27 heavy (non-hydrogen) atoms. The highest BCUT2D eigenvalue weighted by molar-refractivity contribution is 14.0. The number of nitrogens with one attached hydrogen (secondary N) is 2. The summed E-state index contributed by atoms with van der Waals surface area (Å²) in [5, 5.41) is 6.90. The molecule has 2 rings (SSSR count). The molecule has 2 N–H and O–H groups in total. The van der Waals surface area contributed by atoms with Crippen LogP contribution in [0.3, 0.4) is 0 Å². The molecule has 2 heterocycles. The summed E-state index contributed by atoms with van der Waals surface area (Å²) in [6.45, 7) is 20.1. The van der Waals surface area contributed by atoms with Gasteiger partial charge in [-0.25, -0.2) is 0 Å². The lowest BCUT2D eigenvalue weighted by Crippen LogP contribution is -2.52. The zero-order chi connectivity index (χ0) is 18.8. The molecule has 0 amide bonds. The first-order chi connectivity index (χ1) is 12.5. The van der Waals surface area contributed by atoms with Crippen molar-refractivity contribution in [3.8, 4) is 0 Å². The van der Waals surface area contributed by atoms with E-state index in [1.54, 1.807) is 0 Å². The van der Waals surface area contributed by atoms with Crippen LogP contribution in [0.5, 0.6) is 0 Å². The van der Waals surface area contributed by atoms with Crippen LogP contribution in [0.25, 0.3) is 0 Å². The molecule has 2 aliphatic heterocycles. The second kappa shape index (κ2) is 13.1. The predicted octanol–water partition coefficient (Wildman–Crippen LogP) is 1.24. The number of hydrogen-bond donors (Lipinski definition) is 2.